The Hall–Kier alpha value is -2.56. The molecule has 0 aliphatic heterocycles. The third-order valence-electron chi connectivity index (χ3n) is 4.42. The summed E-state index contributed by atoms with van der Waals surface area (Å²) < 4.78 is 1.82. The second-order valence-electron chi connectivity index (χ2n) is 7.00. The molecule has 0 radical (unpaired) electrons. The molecule has 5 nitrogen and oxygen atoms in total. The van der Waals surface area contributed by atoms with Gasteiger partial charge in [0.1, 0.15) is 0 Å². The van der Waals surface area contributed by atoms with Gasteiger partial charge in [-0.2, -0.15) is 5.10 Å². The topological polar surface area (TPSA) is 60.1 Å². The quantitative estimate of drug-likeness (QED) is 0.692. The summed E-state index contributed by atoms with van der Waals surface area (Å²) in [6.45, 7) is 6.18. The van der Waals surface area contributed by atoms with Crippen LogP contribution in [0.2, 0.25) is 0 Å². The van der Waals surface area contributed by atoms with Gasteiger partial charge in [-0.25, -0.2) is 4.52 Å². The van der Waals surface area contributed by atoms with E-state index in [1.807, 2.05) is 41.8 Å². The van der Waals surface area contributed by atoms with E-state index < -0.39 is 0 Å². The number of hydrogen-bond donors (Lipinski definition) is 0. The van der Waals surface area contributed by atoms with Gasteiger partial charge < -0.3 is 0 Å². The number of hydrogen-bond acceptors (Lipinski definition) is 4. The highest BCUT2D eigenvalue weighted by Gasteiger charge is 2.35. The first-order valence-electron chi connectivity index (χ1n) is 7.80. The van der Waals surface area contributed by atoms with Gasteiger partial charge in [0.05, 0.1) is 17.0 Å². The maximum atomic E-state index is 12.4. The molecule has 1 aromatic carbocycles. The van der Waals surface area contributed by atoms with Crippen LogP contribution < -0.4 is 0 Å². The van der Waals surface area contributed by atoms with Crippen LogP contribution in [0.15, 0.2) is 30.3 Å². The van der Waals surface area contributed by atoms with Crippen LogP contribution in [0.3, 0.4) is 0 Å². The Kier molecular flexibility index (Phi) is 2.88. The van der Waals surface area contributed by atoms with Gasteiger partial charge >= 0.3 is 0 Å². The summed E-state index contributed by atoms with van der Waals surface area (Å²) in [5, 5.41) is 13.2. The highest BCUT2D eigenvalue weighted by molar-refractivity contribution is 5.97. The molecular weight excluding hydrogens is 288 g/mol. The molecule has 2 heterocycles. The van der Waals surface area contributed by atoms with Crippen LogP contribution in [-0.2, 0) is 6.42 Å². The van der Waals surface area contributed by atoms with Crippen LogP contribution in [-0.4, -0.2) is 25.6 Å². The average Bonchev–Trinajstić information content (AvgIpc) is 2.83. The number of carbonyl (C=O) groups excluding carboxylic acids is 1. The zero-order valence-electron chi connectivity index (χ0n) is 13.5. The Morgan fingerprint density at radius 3 is 2.57 bits per heavy atom. The summed E-state index contributed by atoms with van der Waals surface area (Å²) in [7, 11) is 0. The van der Waals surface area contributed by atoms with Crippen molar-refractivity contribution in [2.75, 3.05) is 0 Å². The molecule has 0 bridgehead atoms. The number of nitrogens with zero attached hydrogens (tertiary/aromatic N) is 4. The molecule has 1 aliphatic rings. The van der Waals surface area contributed by atoms with Crippen LogP contribution in [0.1, 0.15) is 42.1 Å². The summed E-state index contributed by atoms with van der Waals surface area (Å²) in [5.74, 6) is 0.0556. The van der Waals surface area contributed by atoms with Crippen LogP contribution in [0.4, 0.5) is 0 Å². The van der Waals surface area contributed by atoms with E-state index in [9.17, 15) is 4.79 Å². The Morgan fingerprint density at radius 1 is 1.09 bits per heavy atom. The van der Waals surface area contributed by atoms with E-state index in [-0.39, 0.29) is 11.2 Å². The SMILES string of the molecule is Cc1nn2c3c(nnc2c1-c1ccccc1)C(=O)CC(C)(C)C3. The van der Waals surface area contributed by atoms with E-state index in [1.165, 1.54) is 0 Å². The molecule has 1 aliphatic carbocycles. The van der Waals surface area contributed by atoms with E-state index >= 15 is 0 Å². The smallest absolute Gasteiger partial charge is 0.185 e. The molecule has 4 rings (SSSR count). The molecule has 3 aromatic rings. The van der Waals surface area contributed by atoms with Crippen molar-refractivity contribution in [1.82, 2.24) is 19.8 Å². The highest BCUT2D eigenvalue weighted by atomic mass is 16.1. The molecule has 0 unspecified atom stereocenters. The van der Waals surface area contributed by atoms with Gasteiger partial charge in [-0.3, -0.25) is 4.79 Å². The Bertz CT molecular complexity index is 925. The molecular formula is C18H18N4O. The normalized spacial score (nSPS) is 16.6. The second-order valence-corrected chi connectivity index (χ2v) is 7.00. The Balaban J connectivity index is 2.01. The van der Waals surface area contributed by atoms with Crippen molar-refractivity contribution in [1.29, 1.82) is 0 Å². The lowest BCUT2D eigenvalue weighted by Crippen LogP contribution is -2.30. The maximum absolute atomic E-state index is 12.4. The average molecular weight is 306 g/mol. The number of aryl methyl sites for hydroxylation is 1. The first-order valence-corrected chi connectivity index (χ1v) is 7.80. The minimum atomic E-state index is -0.0766. The minimum Gasteiger partial charge on any atom is -0.292 e. The summed E-state index contributed by atoms with van der Waals surface area (Å²) in [5.41, 5.74) is 4.94. The van der Waals surface area contributed by atoms with E-state index in [1.54, 1.807) is 0 Å². The molecule has 0 saturated heterocycles. The highest BCUT2D eigenvalue weighted by Crippen LogP contribution is 2.35. The van der Waals surface area contributed by atoms with E-state index in [2.05, 4.69) is 29.1 Å². The summed E-state index contributed by atoms with van der Waals surface area (Å²) in [4.78, 5) is 12.4. The molecule has 2 aromatic heterocycles. The fourth-order valence-corrected chi connectivity index (χ4v) is 3.40. The lowest BCUT2D eigenvalue weighted by atomic mass is 9.77. The van der Waals surface area contributed by atoms with Crippen molar-refractivity contribution in [2.45, 2.75) is 33.6 Å². The van der Waals surface area contributed by atoms with Crippen molar-refractivity contribution >= 4 is 11.4 Å². The Labute approximate surface area is 134 Å². The number of carbonyl (C=O) groups is 1. The van der Waals surface area contributed by atoms with Crippen molar-refractivity contribution in [2.24, 2.45) is 5.41 Å². The number of ketones is 1. The molecule has 0 saturated carbocycles. The van der Waals surface area contributed by atoms with Gasteiger partial charge in [-0.05, 0) is 24.3 Å². The second kappa shape index (κ2) is 4.72. The van der Waals surface area contributed by atoms with Gasteiger partial charge in [0, 0.05) is 6.42 Å². The fourth-order valence-electron chi connectivity index (χ4n) is 3.40. The maximum Gasteiger partial charge on any atom is 0.185 e. The molecule has 23 heavy (non-hydrogen) atoms. The van der Waals surface area contributed by atoms with Gasteiger partial charge in [-0.15, -0.1) is 10.2 Å². The first-order chi connectivity index (χ1) is 11.0. The van der Waals surface area contributed by atoms with Crippen LogP contribution >= 0.6 is 0 Å². The van der Waals surface area contributed by atoms with Crippen LogP contribution in [0.5, 0.6) is 0 Å². The van der Waals surface area contributed by atoms with Gasteiger partial charge in [0.25, 0.3) is 0 Å². The van der Waals surface area contributed by atoms with Crippen LogP contribution in [0.25, 0.3) is 16.8 Å². The predicted molar refractivity (Wildman–Crippen MR) is 87.4 cm³/mol. The Morgan fingerprint density at radius 2 is 1.83 bits per heavy atom. The molecule has 0 spiro atoms. The monoisotopic (exact) mass is 306 g/mol. The minimum absolute atomic E-state index is 0.0556. The predicted octanol–water partition coefficient (Wildman–Crippen LogP) is 3.25. The summed E-state index contributed by atoms with van der Waals surface area (Å²) >= 11 is 0. The molecule has 0 atom stereocenters. The third kappa shape index (κ3) is 2.15. The molecule has 0 amide bonds. The van der Waals surface area contributed by atoms with Crippen molar-refractivity contribution in [3.63, 3.8) is 0 Å². The summed E-state index contributed by atoms with van der Waals surface area (Å²) in [6, 6.07) is 10.1. The lowest BCUT2D eigenvalue weighted by molar-refractivity contribution is 0.0901. The molecule has 0 fully saturated rings. The summed E-state index contributed by atoms with van der Waals surface area (Å²) in [6.07, 6.45) is 1.28. The van der Waals surface area contributed by atoms with E-state index in [4.69, 9.17) is 0 Å². The molecule has 0 N–H and O–H groups in total. The van der Waals surface area contributed by atoms with Gasteiger partial charge in [0.2, 0.25) is 0 Å². The zero-order chi connectivity index (χ0) is 16.2. The number of aromatic nitrogens is 4. The van der Waals surface area contributed by atoms with Crippen molar-refractivity contribution < 1.29 is 4.79 Å². The van der Waals surface area contributed by atoms with Gasteiger partial charge in [0.15, 0.2) is 17.1 Å². The number of rotatable bonds is 1. The largest absolute Gasteiger partial charge is 0.292 e. The van der Waals surface area contributed by atoms with Gasteiger partial charge in [-0.1, -0.05) is 44.2 Å². The van der Waals surface area contributed by atoms with E-state index in [0.29, 0.717) is 12.1 Å². The molecule has 116 valence electrons. The zero-order valence-corrected chi connectivity index (χ0v) is 13.5. The van der Waals surface area contributed by atoms with E-state index in [0.717, 1.165) is 34.6 Å². The fraction of sp³-hybridized carbons (Fsp3) is 0.333. The number of fused-ring (bicyclic) bond motifs is 3. The third-order valence-corrected chi connectivity index (χ3v) is 4.42. The standard InChI is InChI=1S/C18H18N4O/c1-11-15(12-7-5-4-6-8-12)17-20-19-16-13(22(17)21-11)9-18(2,3)10-14(16)23/h4-8H,9-10H2,1-3H3. The lowest BCUT2D eigenvalue weighted by Gasteiger charge is -2.29. The first kappa shape index (κ1) is 14.1. The number of Topliss-reactive ketones (excluding diaryl/α,β-unsaturated/α-hetero) is 1. The molecule has 5 heteroatoms. The number of benzene rings is 1. The van der Waals surface area contributed by atoms with Crippen molar-refractivity contribution in [3.05, 3.63) is 47.4 Å². The van der Waals surface area contributed by atoms with Crippen molar-refractivity contribution in [3.8, 4) is 11.1 Å². The van der Waals surface area contributed by atoms with Crippen LogP contribution in [0, 0.1) is 12.3 Å².